The number of Topliss-reactive ketones (excluding diaryl/α,β-unsaturated/α-hetero) is 3. The smallest absolute Gasteiger partial charge is 0.295 e. The summed E-state index contributed by atoms with van der Waals surface area (Å²) in [5, 5.41) is 13.0. The average molecular weight is 1500 g/mol. The van der Waals surface area contributed by atoms with Crippen LogP contribution in [0.5, 0.6) is 17.2 Å². The van der Waals surface area contributed by atoms with Gasteiger partial charge in [0.1, 0.15) is 53.7 Å². The number of nitrogens with one attached hydrogen (secondary N) is 3. The molecule has 3 aliphatic heterocycles. The SMILES string of the molecule is [2H]C1([2H])C(=C([N+]#[C-])c2ccccn2)C([2H])([2H])C([2H])([2H])N(C(=O)C(=O)c2c[nH]c3c(-n4cnc(C)n4)ncc(OC)c23)C1([2H])[2H].[2H]c1nc(C([N+]#[C-])=C2C([2H])([2H])C([2H])([2H])N(C(=O)C(=O)c3c[nH]c4c(-n5cnc(C)n5)ncc(OC)c34)C([2H])([2H])C2([2H])[2H])c([2H])c([2H])c1C.[2H]c1nc(C([N+]#[C-])=C2CCN(C(=O)C(=O)c3c[nH]c4c(-n5cnc(C)n5)ncc(OC)c34)CC2)c([2H])c([2H])c1C. The molecule has 0 aliphatic carbocycles. The lowest BCUT2D eigenvalue weighted by Crippen LogP contribution is -2.40. The Hall–Kier alpha value is -14.6. The summed E-state index contributed by atoms with van der Waals surface area (Å²) in [7, 11) is 3.96. The summed E-state index contributed by atoms with van der Waals surface area (Å²) in [6, 6.07) is 2.42. The van der Waals surface area contributed by atoms with Crippen LogP contribution in [0.3, 0.4) is 0 Å². The fraction of sp³-hybridized carbons (Fsp3) is 0.260. The second kappa shape index (κ2) is 32.0. The molecule has 12 aromatic rings. The molecule has 3 fully saturated rings. The lowest BCUT2D eigenvalue weighted by Gasteiger charge is -2.28. The van der Waals surface area contributed by atoms with Gasteiger partial charge in [-0.15, -0.1) is 0 Å². The minimum atomic E-state index is -3.86. The standard InChI is InChI=1S/2C26H24N8O3.C25H22N8O3/c2*1-15-5-6-19(28-11-15)22(27-3)17-7-9-33(10-8-17)26(36)24(35)18-12-29-23-21(18)20(37-4)13-30-25(23)34-14-31-16(2)32-34;1-15-30-14-33(31-15)24-22-20(19(36-3)13-29-24)17(12-28-22)23(34)25(35)32-10-7-16(8-11-32)21(26-2)18-6-4-5-9-27-18/h2*5-6,11-14,29H,7-10H2,1-2,4H3;4-6,9,12-14,28H,7-8,10-11H2,1,3H3/i5D,6D,7D2,8D2,9D2,10D2,11D;5D,6D,11D;7D2,8D2,10D2,11D2. The van der Waals surface area contributed by atoms with Crippen molar-refractivity contribution in [3.05, 3.63) is 230 Å². The zero-order chi connectivity index (χ0) is 97.0. The first-order valence-electron chi connectivity index (χ1n) is 43.4. The van der Waals surface area contributed by atoms with Crippen LogP contribution < -0.4 is 14.2 Å². The summed E-state index contributed by atoms with van der Waals surface area (Å²) >= 11 is 0. The third-order valence-corrected chi connectivity index (χ3v) is 16.5. The Morgan fingerprint density at radius 2 is 0.809 bits per heavy atom. The number of carbonyl (C=O) groups is 6. The van der Waals surface area contributed by atoms with E-state index in [2.05, 4.69) is 89.6 Å². The number of H-pyrrole nitrogens is 3. The number of aromatic nitrogens is 18. The zero-order valence-electron chi connectivity index (χ0n) is 80.9. The molecule has 15 heterocycles. The number of pyridine rings is 6. The quantitative estimate of drug-likeness (QED) is 0.0488. The lowest BCUT2D eigenvalue weighted by atomic mass is 9.99. The van der Waals surface area contributed by atoms with E-state index < -0.39 is 149 Å². The molecule has 552 valence electrons. The van der Waals surface area contributed by atoms with Gasteiger partial charge < -0.3 is 43.9 Å². The Labute approximate surface area is 658 Å². The number of ketones is 3. The highest BCUT2D eigenvalue weighted by atomic mass is 16.5. The van der Waals surface area contributed by atoms with Crippen molar-refractivity contribution in [2.45, 2.75) is 73.0 Å². The highest BCUT2D eigenvalue weighted by Crippen LogP contribution is 2.37. The normalized spacial score (nSPS) is 20.0. The summed E-state index contributed by atoms with van der Waals surface area (Å²) in [5.74, 6) is -6.07. The molecule has 0 radical (unpaired) electrons. The van der Waals surface area contributed by atoms with Gasteiger partial charge in [-0.3, -0.25) is 43.7 Å². The number of likely N-dealkylation sites (tertiary alicyclic amines) is 3. The predicted molar refractivity (Wildman–Crippen MR) is 400 cm³/mol. The molecule has 3 aliphatic rings. The van der Waals surface area contributed by atoms with Gasteiger partial charge in [-0.1, -0.05) is 34.9 Å². The molecule has 3 N–H and O–H groups in total. The zero-order valence-corrected chi connectivity index (χ0v) is 58.9. The molecule has 33 nitrogen and oxygen atoms in total. The van der Waals surface area contributed by atoms with Crippen molar-refractivity contribution < 1.29 is 73.1 Å². The van der Waals surface area contributed by atoms with Gasteiger partial charge in [0.05, 0.1) is 134 Å². The molecule has 15 rings (SSSR count). The molecule has 0 atom stereocenters. The first-order valence-corrected chi connectivity index (χ1v) is 32.4. The third kappa shape index (κ3) is 14.8. The molecule has 0 spiro atoms. The Balaban J connectivity index is 0.000000169. The number of fused-ring (bicyclic) bond motifs is 3. The molecule has 3 amide bonds. The Morgan fingerprint density at radius 1 is 0.455 bits per heavy atom. The van der Waals surface area contributed by atoms with E-state index in [4.69, 9.17) is 64.1 Å². The molecule has 0 saturated carbocycles. The van der Waals surface area contributed by atoms with Crippen LogP contribution in [0.25, 0.3) is 81.8 Å². The number of rotatable bonds is 15. The van der Waals surface area contributed by atoms with Crippen LogP contribution in [0.15, 0.2) is 134 Å². The second-order valence-electron chi connectivity index (χ2n) is 23.4. The van der Waals surface area contributed by atoms with Crippen molar-refractivity contribution in [1.82, 2.24) is 104 Å². The molecular formula is C77H70N24O9. The van der Waals surface area contributed by atoms with Gasteiger partial charge >= 0.3 is 0 Å². The maximum atomic E-state index is 13.9. The maximum Gasteiger partial charge on any atom is 0.295 e. The van der Waals surface area contributed by atoms with Gasteiger partial charge in [0.15, 0.2) is 17.5 Å². The molecular weight excluding hydrogens is 1410 g/mol. The fourth-order valence-electron chi connectivity index (χ4n) is 11.3. The largest absolute Gasteiger partial charge is 0.494 e. The van der Waals surface area contributed by atoms with Crippen molar-refractivity contribution in [3.8, 4) is 34.7 Å². The van der Waals surface area contributed by atoms with Gasteiger partial charge in [-0.2, -0.15) is 15.3 Å². The summed E-state index contributed by atoms with van der Waals surface area (Å²) < 4.78 is 208. The minimum absolute atomic E-state index is 0.000620. The third-order valence-electron chi connectivity index (χ3n) is 16.5. The summed E-state index contributed by atoms with van der Waals surface area (Å²) in [6.45, 7) is 16.1. The number of carbonyl (C=O) groups excluding carboxylic acids is 6. The summed E-state index contributed by atoms with van der Waals surface area (Å²) in [4.78, 5) is 138. The van der Waals surface area contributed by atoms with E-state index in [-0.39, 0.29) is 115 Å². The number of aryl methyl sites for hydroxylation is 3. The number of piperidine rings is 3. The number of amides is 3. The Morgan fingerprint density at radius 3 is 1.14 bits per heavy atom. The van der Waals surface area contributed by atoms with Gasteiger partial charge in [-0.05, 0) is 108 Å². The minimum Gasteiger partial charge on any atom is -0.494 e. The Bertz CT molecular complexity index is 7030. The van der Waals surface area contributed by atoms with Crippen LogP contribution in [-0.2, 0) is 14.4 Å². The predicted octanol–water partition coefficient (Wildman–Crippen LogP) is 9.59. The van der Waals surface area contributed by atoms with Crippen LogP contribution in [-0.4, -0.2) is 199 Å². The number of aromatic amines is 3. The van der Waals surface area contributed by atoms with Crippen molar-refractivity contribution in [2.75, 3.05) is 60.4 Å². The molecule has 33 heteroatoms. The lowest BCUT2D eigenvalue weighted by molar-refractivity contribution is -0.127. The van der Waals surface area contributed by atoms with Crippen LogP contribution in [0.2, 0.25) is 0 Å². The number of hydrogen-bond acceptors (Lipinski definition) is 21. The first-order chi connectivity index (χ1) is 61.9. The van der Waals surface area contributed by atoms with Gasteiger partial charge in [0, 0.05) is 98.1 Å². The monoisotopic (exact) mass is 1500 g/mol. The van der Waals surface area contributed by atoms with Gasteiger partial charge in [0.25, 0.3) is 35.1 Å². The molecule has 0 bridgehead atoms. The van der Waals surface area contributed by atoms with E-state index in [0.29, 0.717) is 58.4 Å². The van der Waals surface area contributed by atoms with E-state index in [1.807, 2.05) is 0 Å². The first kappa shape index (κ1) is 50.8. The Kier molecular flexibility index (Phi) is 14.8. The maximum absolute atomic E-state index is 13.9. The highest BCUT2D eigenvalue weighted by Gasteiger charge is 2.35. The van der Waals surface area contributed by atoms with E-state index >= 15 is 0 Å². The van der Waals surface area contributed by atoms with Crippen LogP contribution >= 0.6 is 0 Å². The molecule has 110 heavy (non-hydrogen) atoms. The van der Waals surface area contributed by atoms with Crippen LogP contribution in [0, 0.1) is 54.3 Å². The van der Waals surface area contributed by atoms with Crippen molar-refractivity contribution in [1.29, 1.82) is 0 Å². The van der Waals surface area contributed by atoms with Crippen molar-refractivity contribution >= 4 is 84.9 Å². The average Bonchev–Trinajstić information content (AvgIpc) is 0.892. The van der Waals surface area contributed by atoms with Gasteiger partial charge in [-0.25, -0.2) is 58.5 Å². The van der Waals surface area contributed by atoms with E-state index in [1.165, 1.54) is 115 Å². The number of nitrogens with zero attached hydrogens (tertiary/aromatic N) is 21. The fourth-order valence-corrected chi connectivity index (χ4v) is 11.3. The second-order valence-corrected chi connectivity index (χ2v) is 23.4. The van der Waals surface area contributed by atoms with E-state index in [0.717, 1.165) is 12.4 Å². The molecule has 0 aromatic carbocycles. The van der Waals surface area contributed by atoms with Crippen LogP contribution in [0.4, 0.5) is 0 Å². The summed E-state index contributed by atoms with van der Waals surface area (Å²) in [6.07, 6.45) is -1.81. The highest BCUT2D eigenvalue weighted by molar-refractivity contribution is 6.46. The van der Waals surface area contributed by atoms with E-state index in [9.17, 15) is 28.8 Å². The topological polar surface area (TPSA) is 370 Å². The molecule has 12 aromatic heterocycles. The molecule has 0 unspecified atom stereocenters. The van der Waals surface area contributed by atoms with Crippen LogP contribution in [0.1, 0.15) is 145 Å². The van der Waals surface area contributed by atoms with Crippen molar-refractivity contribution in [2.24, 2.45) is 0 Å². The number of methoxy groups -OCH3 is 3. The van der Waals surface area contributed by atoms with Crippen molar-refractivity contribution in [3.63, 3.8) is 0 Å². The summed E-state index contributed by atoms with van der Waals surface area (Å²) in [5.41, 5.74) is -4.72. The number of hydrogen-bond donors (Lipinski definition) is 3. The molecule has 3 saturated heterocycles. The number of ether oxygens (including phenoxy) is 3. The van der Waals surface area contributed by atoms with Gasteiger partial charge in [0.2, 0.25) is 17.1 Å². The van der Waals surface area contributed by atoms with E-state index in [1.54, 1.807) is 27.7 Å².